The SMILES string of the molecule is CC(C)(C)OC(=O)N1CCCC[C@H]1C[S@](=O)c1cc(C#N)ccn1. The van der Waals surface area contributed by atoms with E-state index in [1.54, 1.807) is 11.0 Å². The number of rotatable bonds is 3. The molecule has 2 heterocycles. The third-order valence-electron chi connectivity index (χ3n) is 3.70. The summed E-state index contributed by atoms with van der Waals surface area (Å²) in [7, 11) is -1.36. The first-order chi connectivity index (χ1) is 11.3. The molecule has 2 rings (SSSR count). The van der Waals surface area contributed by atoms with Gasteiger partial charge in [-0.15, -0.1) is 0 Å². The van der Waals surface area contributed by atoms with E-state index in [9.17, 15) is 9.00 Å². The molecular formula is C17H23N3O3S. The van der Waals surface area contributed by atoms with Crippen LogP contribution in [0.4, 0.5) is 4.79 Å². The van der Waals surface area contributed by atoms with Crippen LogP contribution in [0.1, 0.15) is 45.6 Å². The highest BCUT2D eigenvalue weighted by molar-refractivity contribution is 7.85. The van der Waals surface area contributed by atoms with Gasteiger partial charge >= 0.3 is 6.09 Å². The van der Waals surface area contributed by atoms with Crippen molar-refractivity contribution in [3.63, 3.8) is 0 Å². The molecule has 1 aromatic rings. The van der Waals surface area contributed by atoms with E-state index in [0.29, 0.717) is 22.9 Å². The largest absolute Gasteiger partial charge is 0.444 e. The van der Waals surface area contributed by atoms with Gasteiger partial charge < -0.3 is 9.64 Å². The molecule has 0 radical (unpaired) electrons. The Morgan fingerprint density at radius 1 is 1.50 bits per heavy atom. The molecule has 7 heteroatoms. The second-order valence-electron chi connectivity index (χ2n) is 6.83. The Balaban J connectivity index is 2.09. The third kappa shape index (κ3) is 5.03. The number of nitriles is 1. The molecule has 1 aliphatic rings. The Labute approximate surface area is 145 Å². The number of hydrogen-bond acceptors (Lipinski definition) is 5. The first-order valence-corrected chi connectivity index (χ1v) is 9.36. The van der Waals surface area contributed by atoms with Crippen molar-refractivity contribution in [1.29, 1.82) is 5.26 Å². The number of carbonyl (C=O) groups excluding carboxylic acids is 1. The zero-order valence-electron chi connectivity index (χ0n) is 14.3. The smallest absolute Gasteiger partial charge is 0.410 e. The Morgan fingerprint density at radius 3 is 2.92 bits per heavy atom. The van der Waals surface area contributed by atoms with Gasteiger partial charge in [0.25, 0.3) is 0 Å². The molecule has 1 aliphatic heterocycles. The maximum atomic E-state index is 12.6. The van der Waals surface area contributed by atoms with Gasteiger partial charge in [-0.2, -0.15) is 5.26 Å². The first-order valence-electron chi connectivity index (χ1n) is 8.04. The lowest BCUT2D eigenvalue weighted by Gasteiger charge is -2.36. The van der Waals surface area contributed by atoms with Crippen molar-refractivity contribution in [1.82, 2.24) is 9.88 Å². The van der Waals surface area contributed by atoms with Crippen LogP contribution in [0.2, 0.25) is 0 Å². The summed E-state index contributed by atoms with van der Waals surface area (Å²) in [6, 6.07) is 5.00. The monoisotopic (exact) mass is 349 g/mol. The van der Waals surface area contributed by atoms with E-state index < -0.39 is 16.4 Å². The summed E-state index contributed by atoms with van der Waals surface area (Å²) < 4.78 is 18.1. The standard InChI is InChI=1S/C17H23N3O3S/c1-17(2,3)23-16(21)20-9-5-4-6-14(20)12-24(22)15-10-13(11-18)7-8-19-15/h7-8,10,14H,4-6,9,12H2,1-3H3/t14-,24-/m0/s1. The average Bonchev–Trinajstić information content (AvgIpc) is 2.53. The predicted molar refractivity (Wildman–Crippen MR) is 90.8 cm³/mol. The lowest BCUT2D eigenvalue weighted by Crippen LogP contribution is -2.48. The summed E-state index contributed by atoms with van der Waals surface area (Å²) in [5.41, 5.74) is -0.123. The second-order valence-corrected chi connectivity index (χ2v) is 8.27. The van der Waals surface area contributed by atoms with Gasteiger partial charge in [0, 0.05) is 18.8 Å². The summed E-state index contributed by atoms with van der Waals surface area (Å²) in [5.74, 6) is 0.307. The molecule has 0 aliphatic carbocycles. The topological polar surface area (TPSA) is 83.3 Å². The number of aromatic nitrogens is 1. The number of amides is 1. The summed E-state index contributed by atoms with van der Waals surface area (Å²) in [6.45, 7) is 6.11. The summed E-state index contributed by atoms with van der Waals surface area (Å²) in [4.78, 5) is 18.2. The highest BCUT2D eigenvalue weighted by Gasteiger charge is 2.31. The minimum atomic E-state index is -1.36. The van der Waals surface area contributed by atoms with Gasteiger partial charge in [0.1, 0.15) is 10.6 Å². The molecule has 0 bridgehead atoms. The fraction of sp³-hybridized carbons (Fsp3) is 0.588. The molecule has 1 fully saturated rings. The molecule has 1 saturated heterocycles. The van der Waals surface area contributed by atoms with Crippen molar-refractivity contribution in [2.24, 2.45) is 0 Å². The van der Waals surface area contributed by atoms with Gasteiger partial charge in [-0.1, -0.05) is 0 Å². The molecule has 0 aromatic carbocycles. The lowest BCUT2D eigenvalue weighted by atomic mass is 10.0. The average molecular weight is 349 g/mol. The van der Waals surface area contributed by atoms with E-state index in [0.717, 1.165) is 19.3 Å². The van der Waals surface area contributed by atoms with Crippen molar-refractivity contribution >= 4 is 16.9 Å². The van der Waals surface area contributed by atoms with Crippen LogP contribution in [-0.4, -0.2) is 44.1 Å². The number of piperidine rings is 1. The van der Waals surface area contributed by atoms with E-state index in [4.69, 9.17) is 10.00 Å². The van der Waals surface area contributed by atoms with Gasteiger partial charge in [0.15, 0.2) is 0 Å². The predicted octanol–water partition coefficient (Wildman–Crippen LogP) is 2.85. The molecular weight excluding hydrogens is 326 g/mol. The molecule has 1 amide bonds. The first kappa shape index (κ1) is 18.4. The molecule has 6 nitrogen and oxygen atoms in total. The van der Waals surface area contributed by atoms with Gasteiger partial charge in [-0.05, 0) is 52.2 Å². The third-order valence-corrected chi connectivity index (χ3v) is 5.07. The van der Waals surface area contributed by atoms with Crippen LogP contribution in [0.25, 0.3) is 0 Å². The van der Waals surface area contributed by atoms with Crippen molar-refractivity contribution < 1.29 is 13.7 Å². The molecule has 0 spiro atoms. The summed E-state index contributed by atoms with van der Waals surface area (Å²) in [5, 5.41) is 9.32. The normalized spacial score (nSPS) is 19.4. The Morgan fingerprint density at radius 2 is 2.25 bits per heavy atom. The highest BCUT2D eigenvalue weighted by Crippen LogP contribution is 2.22. The number of hydrogen-bond donors (Lipinski definition) is 0. The highest BCUT2D eigenvalue weighted by atomic mass is 32.2. The Bertz CT molecular complexity index is 664. The molecule has 0 unspecified atom stereocenters. The van der Waals surface area contributed by atoms with Crippen molar-refractivity contribution in [3.8, 4) is 6.07 Å². The fourth-order valence-corrected chi connectivity index (χ4v) is 3.90. The Kier molecular flexibility index (Phi) is 5.94. The lowest BCUT2D eigenvalue weighted by molar-refractivity contribution is 0.0125. The van der Waals surface area contributed by atoms with Crippen LogP contribution in [-0.2, 0) is 15.5 Å². The van der Waals surface area contributed by atoms with Crippen LogP contribution in [0.5, 0.6) is 0 Å². The molecule has 24 heavy (non-hydrogen) atoms. The van der Waals surface area contributed by atoms with Crippen LogP contribution < -0.4 is 0 Å². The number of pyridine rings is 1. The van der Waals surface area contributed by atoms with Gasteiger partial charge in [-0.25, -0.2) is 9.78 Å². The van der Waals surface area contributed by atoms with Gasteiger partial charge in [-0.3, -0.25) is 4.21 Å². The van der Waals surface area contributed by atoms with Gasteiger partial charge in [0.2, 0.25) is 0 Å². The number of nitrogens with zero attached hydrogens (tertiary/aromatic N) is 3. The number of carbonyl (C=O) groups is 1. The maximum absolute atomic E-state index is 12.6. The number of likely N-dealkylation sites (tertiary alicyclic amines) is 1. The molecule has 2 atom stereocenters. The van der Waals surface area contributed by atoms with E-state index in [1.165, 1.54) is 12.3 Å². The van der Waals surface area contributed by atoms with E-state index in [2.05, 4.69) is 4.98 Å². The van der Waals surface area contributed by atoms with Crippen molar-refractivity contribution in [2.45, 2.75) is 56.7 Å². The van der Waals surface area contributed by atoms with Crippen LogP contribution >= 0.6 is 0 Å². The zero-order valence-corrected chi connectivity index (χ0v) is 15.1. The zero-order chi connectivity index (χ0) is 17.7. The minimum Gasteiger partial charge on any atom is -0.444 e. The van der Waals surface area contributed by atoms with E-state index >= 15 is 0 Å². The fourth-order valence-electron chi connectivity index (χ4n) is 2.60. The second kappa shape index (κ2) is 7.75. The minimum absolute atomic E-state index is 0.137. The van der Waals surface area contributed by atoms with Crippen LogP contribution in [0, 0.1) is 11.3 Å². The Hall–Kier alpha value is -1.94. The van der Waals surface area contributed by atoms with Crippen LogP contribution in [0.3, 0.4) is 0 Å². The quantitative estimate of drug-likeness (QED) is 0.838. The molecule has 1 aromatic heterocycles. The van der Waals surface area contributed by atoms with E-state index in [-0.39, 0.29) is 12.1 Å². The summed E-state index contributed by atoms with van der Waals surface area (Å²) >= 11 is 0. The summed E-state index contributed by atoms with van der Waals surface area (Å²) in [6.07, 6.45) is 3.83. The maximum Gasteiger partial charge on any atom is 0.410 e. The number of ether oxygens (including phenoxy) is 1. The molecule has 0 N–H and O–H groups in total. The van der Waals surface area contributed by atoms with Gasteiger partial charge in [0.05, 0.1) is 28.2 Å². The van der Waals surface area contributed by atoms with E-state index in [1.807, 2.05) is 26.8 Å². The molecule has 130 valence electrons. The molecule has 0 saturated carbocycles. The van der Waals surface area contributed by atoms with Crippen molar-refractivity contribution in [2.75, 3.05) is 12.3 Å². The van der Waals surface area contributed by atoms with Crippen LogP contribution in [0.15, 0.2) is 23.4 Å². The van der Waals surface area contributed by atoms with Crippen molar-refractivity contribution in [3.05, 3.63) is 23.9 Å².